The molecule has 1 saturated carbocycles. The summed E-state index contributed by atoms with van der Waals surface area (Å²) in [6.45, 7) is 6.75. The molecule has 3 atom stereocenters. The van der Waals surface area contributed by atoms with Crippen LogP contribution in [-0.4, -0.2) is 53.9 Å². The topological polar surface area (TPSA) is 59.0 Å². The first kappa shape index (κ1) is 18.0. The van der Waals surface area contributed by atoms with Crippen molar-refractivity contribution < 1.29 is 19.4 Å². The Morgan fingerprint density at radius 2 is 2.16 bits per heavy atom. The maximum atomic E-state index is 13.2. The summed E-state index contributed by atoms with van der Waals surface area (Å²) in [7, 11) is 1.71. The fourth-order valence-electron chi connectivity index (χ4n) is 4.04. The van der Waals surface area contributed by atoms with Crippen molar-refractivity contribution in [3.63, 3.8) is 0 Å². The summed E-state index contributed by atoms with van der Waals surface area (Å²) in [5.41, 5.74) is 1.12. The van der Waals surface area contributed by atoms with Gasteiger partial charge in [0.15, 0.2) is 0 Å². The number of carbonyl (C=O) groups is 1. The van der Waals surface area contributed by atoms with Gasteiger partial charge in [-0.2, -0.15) is 0 Å². The molecule has 0 radical (unpaired) electrons. The monoisotopic (exact) mass is 345 g/mol. The Labute approximate surface area is 149 Å². The molecule has 25 heavy (non-hydrogen) atoms. The summed E-state index contributed by atoms with van der Waals surface area (Å²) < 4.78 is 11.6. The van der Waals surface area contributed by atoms with Crippen LogP contribution in [0.3, 0.4) is 0 Å². The molecule has 1 aromatic rings. The van der Waals surface area contributed by atoms with Crippen LogP contribution in [0.5, 0.6) is 5.75 Å². The molecule has 1 aliphatic heterocycles. The quantitative estimate of drug-likeness (QED) is 0.834. The van der Waals surface area contributed by atoms with Crippen LogP contribution in [0.2, 0.25) is 0 Å². The molecule has 0 spiro atoms. The number of fused-ring (bicyclic) bond motifs is 1. The van der Waals surface area contributed by atoms with Crippen molar-refractivity contribution in [2.45, 2.75) is 50.4 Å². The lowest BCUT2D eigenvalue weighted by molar-refractivity contribution is -0.0824. The lowest BCUT2D eigenvalue weighted by atomic mass is 9.79. The number of para-hydroxylation sites is 1. The van der Waals surface area contributed by atoms with E-state index in [1.807, 2.05) is 30.0 Å². The molecular weight excluding hydrogens is 318 g/mol. The SMILES string of the molecule is C=C(C)COc1ccccc1C(=O)N1CC[C@]2(OC)CC[C@H](O)C[C@H]12. The summed E-state index contributed by atoms with van der Waals surface area (Å²) in [5.74, 6) is 0.511. The molecule has 1 aliphatic carbocycles. The predicted molar refractivity (Wildman–Crippen MR) is 95.8 cm³/mol. The van der Waals surface area contributed by atoms with E-state index in [9.17, 15) is 9.90 Å². The lowest BCUT2D eigenvalue weighted by Gasteiger charge is -2.42. The van der Waals surface area contributed by atoms with Crippen molar-refractivity contribution in [1.82, 2.24) is 4.90 Å². The molecule has 2 fully saturated rings. The van der Waals surface area contributed by atoms with Gasteiger partial charge in [-0.25, -0.2) is 0 Å². The third-order valence-electron chi connectivity index (χ3n) is 5.41. The first-order valence-electron chi connectivity index (χ1n) is 8.87. The molecule has 1 saturated heterocycles. The molecular formula is C20H27NO4. The van der Waals surface area contributed by atoms with Gasteiger partial charge in [0.25, 0.3) is 5.91 Å². The molecule has 0 unspecified atom stereocenters. The maximum Gasteiger partial charge on any atom is 0.257 e. The van der Waals surface area contributed by atoms with Gasteiger partial charge in [-0.1, -0.05) is 18.7 Å². The molecule has 1 heterocycles. The number of hydrogen-bond donors (Lipinski definition) is 1. The number of benzene rings is 1. The molecule has 0 bridgehead atoms. The zero-order chi connectivity index (χ0) is 18.0. The van der Waals surface area contributed by atoms with E-state index in [2.05, 4.69) is 6.58 Å². The predicted octanol–water partition coefficient (Wildman–Crippen LogP) is 2.79. The second-order valence-electron chi connectivity index (χ2n) is 7.20. The van der Waals surface area contributed by atoms with Gasteiger partial charge in [-0.3, -0.25) is 4.79 Å². The molecule has 1 amide bonds. The van der Waals surface area contributed by atoms with E-state index in [4.69, 9.17) is 9.47 Å². The van der Waals surface area contributed by atoms with Crippen LogP contribution in [-0.2, 0) is 4.74 Å². The minimum atomic E-state index is -0.378. The van der Waals surface area contributed by atoms with Crippen LogP contribution in [0.1, 0.15) is 43.0 Å². The number of aliphatic hydroxyl groups excluding tert-OH is 1. The molecule has 2 aliphatic rings. The Hall–Kier alpha value is -1.85. The minimum absolute atomic E-state index is 0.0599. The zero-order valence-corrected chi connectivity index (χ0v) is 15.0. The van der Waals surface area contributed by atoms with Crippen molar-refractivity contribution in [1.29, 1.82) is 0 Å². The molecule has 0 aromatic heterocycles. The average molecular weight is 345 g/mol. The second kappa shape index (κ2) is 7.18. The lowest BCUT2D eigenvalue weighted by Crippen LogP contribution is -2.52. The summed E-state index contributed by atoms with van der Waals surface area (Å²) in [6.07, 6.45) is 2.50. The summed E-state index contributed by atoms with van der Waals surface area (Å²) >= 11 is 0. The second-order valence-corrected chi connectivity index (χ2v) is 7.20. The van der Waals surface area contributed by atoms with Gasteiger partial charge >= 0.3 is 0 Å². The number of ether oxygens (including phenoxy) is 2. The highest BCUT2D eigenvalue weighted by molar-refractivity contribution is 5.97. The van der Waals surface area contributed by atoms with E-state index in [-0.39, 0.29) is 23.7 Å². The smallest absolute Gasteiger partial charge is 0.257 e. The van der Waals surface area contributed by atoms with Crippen LogP contribution in [0.25, 0.3) is 0 Å². The maximum absolute atomic E-state index is 13.2. The van der Waals surface area contributed by atoms with Crippen LogP contribution in [0, 0.1) is 0 Å². The van der Waals surface area contributed by atoms with Gasteiger partial charge in [0.1, 0.15) is 12.4 Å². The van der Waals surface area contributed by atoms with Gasteiger partial charge in [0.2, 0.25) is 0 Å². The van der Waals surface area contributed by atoms with Gasteiger partial charge < -0.3 is 19.5 Å². The van der Waals surface area contributed by atoms with Gasteiger partial charge in [-0.05, 0) is 50.3 Å². The zero-order valence-electron chi connectivity index (χ0n) is 15.0. The Bertz CT molecular complexity index is 659. The molecule has 136 valence electrons. The number of rotatable bonds is 5. The fourth-order valence-corrected chi connectivity index (χ4v) is 4.04. The number of amides is 1. The third-order valence-corrected chi connectivity index (χ3v) is 5.41. The van der Waals surface area contributed by atoms with E-state index in [0.717, 1.165) is 24.8 Å². The van der Waals surface area contributed by atoms with Crippen LogP contribution in [0.15, 0.2) is 36.4 Å². The van der Waals surface area contributed by atoms with Crippen LogP contribution >= 0.6 is 0 Å². The molecule has 5 nitrogen and oxygen atoms in total. The summed E-state index contributed by atoms with van der Waals surface area (Å²) in [6, 6.07) is 7.21. The highest BCUT2D eigenvalue weighted by atomic mass is 16.5. The number of nitrogens with zero attached hydrogens (tertiary/aromatic N) is 1. The summed E-state index contributed by atoms with van der Waals surface area (Å²) in [5, 5.41) is 10.1. The molecule has 3 rings (SSSR count). The van der Waals surface area contributed by atoms with Gasteiger partial charge in [0, 0.05) is 13.7 Å². The fraction of sp³-hybridized carbons (Fsp3) is 0.550. The number of hydrogen-bond acceptors (Lipinski definition) is 4. The first-order valence-corrected chi connectivity index (χ1v) is 8.87. The highest BCUT2D eigenvalue weighted by Crippen LogP contribution is 2.43. The number of methoxy groups -OCH3 is 1. The normalized spacial score (nSPS) is 28.5. The number of likely N-dealkylation sites (tertiary alicyclic amines) is 1. The van der Waals surface area contributed by atoms with Crippen LogP contribution < -0.4 is 4.74 Å². The van der Waals surface area contributed by atoms with Crippen molar-refractivity contribution in [2.24, 2.45) is 0 Å². The Kier molecular flexibility index (Phi) is 5.16. The van der Waals surface area contributed by atoms with E-state index in [1.54, 1.807) is 13.2 Å². The number of aliphatic hydroxyl groups is 1. The Balaban J connectivity index is 1.85. The van der Waals surface area contributed by atoms with Crippen molar-refractivity contribution >= 4 is 5.91 Å². The van der Waals surface area contributed by atoms with Gasteiger partial charge in [-0.15, -0.1) is 0 Å². The average Bonchev–Trinajstić information content (AvgIpc) is 2.99. The number of carbonyl (C=O) groups excluding carboxylic acids is 1. The molecule has 1 aromatic carbocycles. The standard InChI is InChI=1S/C20H27NO4/c1-14(2)13-25-17-7-5-4-6-16(17)19(23)21-11-10-20(24-3)9-8-15(22)12-18(20)21/h4-7,15,18,22H,1,8-13H2,2-3H3/t15-,18-,20+/m0/s1. The van der Waals surface area contributed by atoms with E-state index >= 15 is 0 Å². The van der Waals surface area contributed by atoms with Gasteiger partial charge in [0.05, 0.1) is 23.3 Å². The van der Waals surface area contributed by atoms with Crippen molar-refractivity contribution in [2.75, 3.05) is 20.3 Å². The van der Waals surface area contributed by atoms with Crippen molar-refractivity contribution in [3.8, 4) is 5.75 Å². The highest BCUT2D eigenvalue weighted by Gasteiger charge is 2.52. The van der Waals surface area contributed by atoms with E-state index < -0.39 is 0 Å². The van der Waals surface area contributed by atoms with Crippen molar-refractivity contribution in [3.05, 3.63) is 42.0 Å². The summed E-state index contributed by atoms with van der Waals surface area (Å²) in [4.78, 5) is 15.1. The molecule has 1 N–H and O–H groups in total. The Morgan fingerprint density at radius 3 is 2.88 bits per heavy atom. The largest absolute Gasteiger partial charge is 0.488 e. The third kappa shape index (κ3) is 3.44. The van der Waals surface area contributed by atoms with Crippen LogP contribution in [0.4, 0.5) is 0 Å². The van der Waals surface area contributed by atoms with E-state index in [1.165, 1.54) is 0 Å². The molecule has 5 heteroatoms. The first-order chi connectivity index (χ1) is 12.0. The minimum Gasteiger partial charge on any atom is -0.488 e. The van der Waals surface area contributed by atoms with E-state index in [0.29, 0.717) is 30.9 Å². The Morgan fingerprint density at radius 1 is 1.40 bits per heavy atom.